The Labute approximate surface area is 129 Å². The number of nitrogens with one attached hydrogen (secondary N) is 2. The molecule has 0 spiro atoms. The van der Waals surface area contributed by atoms with Gasteiger partial charge in [-0.1, -0.05) is 30.3 Å². The van der Waals surface area contributed by atoms with Crippen LogP contribution in [0.2, 0.25) is 0 Å². The van der Waals surface area contributed by atoms with Crippen molar-refractivity contribution < 1.29 is 4.79 Å². The van der Waals surface area contributed by atoms with Crippen molar-refractivity contribution in [2.24, 2.45) is 0 Å². The Bertz CT molecular complexity index is 609. The van der Waals surface area contributed by atoms with Crippen molar-refractivity contribution in [1.82, 2.24) is 10.6 Å². The second-order valence-corrected chi connectivity index (χ2v) is 6.63. The van der Waals surface area contributed by atoms with Gasteiger partial charge in [-0.25, -0.2) is 0 Å². The van der Waals surface area contributed by atoms with Crippen molar-refractivity contribution in [2.45, 2.75) is 38.4 Å². The molecule has 3 nitrogen and oxygen atoms in total. The van der Waals surface area contributed by atoms with Crippen LogP contribution >= 0.6 is 11.3 Å². The SMILES string of the molecule is CC(Cc1cccs1)NC(=O)[C@@H]1Cc2ccccc2CN1. The van der Waals surface area contributed by atoms with Crippen LogP contribution in [0.25, 0.3) is 0 Å². The lowest BCUT2D eigenvalue weighted by Crippen LogP contribution is -2.50. The Morgan fingerprint density at radius 3 is 2.90 bits per heavy atom. The van der Waals surface area contributed by atoms with Gasteiger partial charge in [-0.05, 0) is 35.9 Å². The van der Waals surface area contributed by atoms with Gasteiger partial charge in [0.05, 0.1) is 6.04 Å². The topological polar surface area (TPSA) is 41.1 Å². The summed E-state index contributed by atoms with van der Waals surface area (Å²) in [4.78, 5) is 13.7. The second-order valence-electron chi connectivity index (χ2n) is 5.60. The number of amides is 1. The summed E-state index contributed by atoms with van der Waals surface area (Å²) in [6.07, 6.45) is 1.67. The smallest absolute Gasteiger partial charge is 0.237 e. The Balaban J connectivity index is 1.56. The quantitative estimate of drug-likeness (QED) is 0.911. The monoisotopic (exact) mass is 300 g/mol. The lowest BCUT2D eigenvalue weighted by Gasteiger charge is -2.26. The van der Waals surface area contributed by atoms with Crippen LogP contribution in [0, 0.1) is 0 Å². The third-order valence-electron chi connectivity index (χ3n) is 3.87. The number of carbonyl (C=O) groups is 1. The molecule has 2 N–H and O–H groups in total. The fourth-order valence-electron chi connectivity index (χ4n) is 2.76. The van der Waals surface area contributed by atoms with E-state index in [0.29, 0.717) is 0 Å². The number of fused-ring (bicyclic) bond motifs is 1. The molecule has 2 aromatic rings. The van der Waals surface area contributed by atoms with Crippen molar-refractivity contribution in [1.29, 1.82) is 0 Å². The van der Waals surface area contributed by atoms with Gasteiger partial charge in [-0.15, -0.1) is 11.3 Å². The molecule has 0 radical (unpaired) electrons. The highest BCUT2D eigenvalue weighted by molar-refractivity contribution is 7.09. The average molecular weight is 300 g/mol. The number of hydrogen-bond acceptors (Lipinski definition) is 3. The molecule has 2 atom stereocenters. The minimum Gasteiger partial charge on any atom is -0.352 e. The summed E-state index contributed by atoms with van der Waals surface area (Å²) < 4.78 is 0. The molecule has 1 unspecified atom stereocenters. The highest BCUT2D eigenvalue weighted by atomic mass is 32.1. The first-order valence-corrected chi connectivity index (χ1v) is 8.23. The second kappa shape index (κ2) is 6.41. The van der Waals surface area contributed by atoms with Crippen molar-refractivity contribution in [2.75, 3.05) is 0 Å². The number of hydrogen-bond donors (Lipinski definition) is 2. The minimum atomic E-state index is -0.120. The van der Waals surface area contributed by atoms with E-state index in [1.54, 1.807) is 11.3 Å². The van der Waals surface area contributed by atoms with E-state index in [4.69, 9.17) is 0 Å². The molecule has 0 bridgehead atoms. The summed E-state index contributed by atoms with van der Waals surface area (Å²) in [6, 6.07) is 12.5. The van der Waals surface area contributed by atoms with Crippen LogP contribution in [0.15, 0.2) is 41.8 Å². The summed E-state index contributed by atoms with van der Waals surface area (Å²) in [5.74, 6) is 0.105. The minimum absolute atomic E-state index is 0.105. The summed E-state index contributed by atoms with van der Waals surface area (Å²) >= 11 is 1.74. The largest absolute Gasteiger partial charge is 0.352 e. The van der Waals surface area contributed by atoms with Gasteiger partial charge in [0.15, 0.2) is 0 Å². The molecule has 2 heterocycles. The molecule has 3 rings (SSSR count). The molecule has 21 heavy (non-hydrogen) atoms. The Hall–Kier alpha value is -1.65. The van der Waals surface area contributed by atoms with E-state index >= 15 is 0 Å². The van der Waals surface area contributed by atoms with Crippen molar-refractivity contribution >= 4 is 17.2 Å². The van der Waals surface area contributed by atoms with Crippen LogP contribution in [-0.4, -0.2) is 18.0 Å². The molecule has 1 aliphatic rings. The highest BCUT2D eigenvalue weighted by Gasteiger charge is 2.24. The Kier molecular flexibility index (Phi) is 4.36. The molecule has 0 saturated heterocycles. The molecule has 4 heteroatoms. The third-order valence-corrected chi connectivity index (χ3v) is 4.77. The van der Waals surface area contributed by atoms with E-state index in [1.807, 2.05) is 18.2 Å². The zero-order valence-electron chi connectivity index (χ0n) is 12.1. The van der Waals surface area contributed by atoms with Crippen LogP contribution in [0.3, 0.4) is 0 Å². The molecule has 1 aliphatic heterocycles. The van der Waals surface area contributed by atoms with E-state index in [9.17, 15) is 4.79 Å². The zero-order valence-corrected chi connectivity index (χ0v) is 13.0. The maximum absolute atomic E-state index is 12.4. The van der Waals surface area contributed by atoms with Crippen LogP contribution in [0.1, 0.15) is 22.9 Å². The van der Waals surface area contributed by atoms with Gasteiger partial charge in [0.1, 0.15) is 0 Å². The van der Waals surface area contributed by atoms with E-state index in [1.165, 1.54) is 16.0 Å². The van der Waals surface area contributed by atoms with Crippen LogP contribution < -0.4 is 10.6 Å². The fraction of sp³-hybridized carbons (Fsp3) is 0.353. The highest BCUT2D eigenvalue weighted by Crippen LogP contribution is 2.16. The van der Waals surface area contributed by atoms with Crippen molar-refractivity contribution in [3.8, 4) is 0 Å². The first kappa shape index (κ1) is 14.3. The Morgan fingerprint density at radius 1 is 1.33 bits per heavy atom. The van der Waals surface area contributed by atoms with Gasteiger partial charge in [0.2, 0.25) is 5.91 Å². The predicted octanol–water partition coefficient (Wildman–Crippen LogP) is 2.51. The number of thiophene rings is 1. The van der Waals surface area contributed by atoms with Crippen LogP contribution in [-0.2, 0) is 24.2 Å². The molecule has 110 valence electrons. The van der Waals surface area contributed by atoms with E-state index < -0.39 is 0 Å². The first-order chi connectivity index (χ1) is 10.2. The third kappa shape index (κ3) is 3.52. The van der Waals surface area contributed by atoms with Gasteiger partial charge in [0, 0.05) is 23.9 Å². The van der Waals surface area contributed by atoms with E-state index in [0.717, 1.165) is 19.4 Å². The molecular weight excluding hydrogens is 280 g/mol. The van der Waals surface area contributed by atoms with Crippen molar-refractivity contribution in [3.05, 3.63) is 57.8 Å². The molecule has 0 fully saturated rings. The van der Waals surface area contributed by atoms with Crippen LogP contribution in [0.5, 0.6) is 0 Å². The molecule has 1 aromatic heterocycles. The lowest BCUT2D eigenvalue weighted by atomic mass is 9.95. The summed E-state index contributed by atoms with van der Waals surface area (Å²) in [5, 5.41) is 8.53. The fourth-order valence-corrected chi connectivity index (χ4v) is 3.60. The average Bonchev–Trinajstić information content (AvgIpc) is 2.99. The summed E-state index contributed by atoms with van der Waals surface area (Å²) in [7, 11) is 0. The van der Waals surface area contributed by atoms with Gasteiger partial charge >= 0.3 is 0 Å². The van der Waals surface area contributed by atoms with Gasteiger partial charge in [-0.3, -0.25) is 4.79 Å². The lowest BCUT2D eigenvalue weighted by molar-refractivity contribution is -0.123. The Morgan fingerprint density at radius 2 is 2.14 bits per heavy atom. The normalized spacial score (nSPS) is 18.8. The molecular formula is C17H20N2OS. The van der Waals surface area contributed by atoms with Gasteiger partial charge in [-0.2, -0.15) is 0 Å². The first-order valence-electron chi connectivity index (χ1n) is 7.35. The zero-order chi connectivity index (χ0) is 14.7. The van der Waals surface area contributed by atoms with Gasteiger partial charge in [0.25, 0.3) is 0 Å². The maximum Gasteiger partial charge on any atom is 0.237 e. The maximum atomic E-state index is 12.4. The summed E-state index contributed by atoms with van der Waals surface area (Å²) in [6.45, 7) is 2.84. The predicted molar refractivity (Wildman–Crippen MR) is 86.4 cm³/mol. The van der Waals surface area contributed by atoms with E-state index in [2.05, 4.69) is 41.1 Å². The molecule has 1 aromatic carbocycles. The van der Waals surface area contributed by atoms with Crippen molar-refractivity contribution in [3.63, 3.8) is 0 Å². The number of carbonyl (C=O) groups excluding carboxylic acids is 1. The molecule has 0 saturated carbocycles. The van der Waals surface area contributed by atoms with E-state index in [-0.39, 0.29) is 18.0 Å². The standard InChI is InChI=1S/C17H20N2OS/c1-12(9-15-7-4-8-21-15)19-17(20)16-10-13-5-2-3-6-14(13)11-18-16/h2-8,12,16,18H,9-11H2,1H3,(H,19,20)/t12?,16-/m0/s1. The van der Waals surface area contributed by atoms with Crippen LogP contribution in [0.4, 0.5) is 0 Å². The van der Waals surface area contributed by atoms with Gasteiger partial charge < -0.3 is 10.6 Å². The summed E-state index contributed by atoms with van der Waals surface area (Å²) in [5.41, 5.74) is 2.58. The number of rotatable bonds is 4. The molecule has 1 amide bonds. The number of benzene rings is 1. The molecule has 0 aliphatic carbocycles.